The fourth-order valence-electron chi connectivity index (χ4n) is 2.56. The third kappa shape index (κ3) is 4.22. The lowest BCUT2D eigenvalue weighted by atomic mass is 10.1. The van der Waals surface area contributed by atoms with Crippen molar-refractivity contribution in [3.05, 3.63) is 0 Å². The zero-order valence-electron chi connectivity index (χ0n) is 11.0. The maximum atomic E-state index is 11.2. The molecule has 0 bridgehead atoms. The molecule has 0 aliphatic carbocycles. The van der Waals surface area contributed by atoms with Crippen LogP contribution in [0.5, 0.6) is 0 Å². The first-order valence-electron chi connectivity index (χ1n) is 6.63. The van der Waals surface area contributed by atoms with Crippen molar-refractivity contribution in [2.45, 2.75) is 46.1 Å². The van der Waals surface area contributed by atoms with Gasteiger partial charge < -0.3 is 4.90 Å². The Labute approximate surface area is 99.8 Å². The average molecular weight is 226 g/mol. The maximum Gasteiger partial charge on any atom is 0.131 e. The molecule has 1 aliphatic heterocycles. The van der Waals surface area contributed by atoms with Crippen molar-refractivity contribution < 1.29 is 4.79 Å². The molecular weight excluding hydrogens is 200 g/mol. The number of ketones is 1. The van der Waals surface area contributed by atoms with E-state index in [2.05, 4.69) is 23.6 Å². The third-order valence-electron chi connectivity index (χ3n) is 3.62. The largest absolute Gasteiger partial charge is 0.303 e. The number of Topliss-reactive ketones (excluding diaryl/α,β-unsaturated/α-hetero) is 1. The molecular formula is C13H26N2O. The number of nitrogens with zero attached hydrogens (tertiary/aromatic N) is 2. The summed E-state index contributed by atoms with van der Waals surface area (Å²) < 4.78 is 0. The summed E-state index contributed by atoms with van der Waals surface area (Å²) in [5.74, 6) is 0.333. The van der Waals surface area contributed by atoms with E-state index in [4.69, 9.17) is 0 Å². The van der Waals surface area contributed by atoms with E-state index in [0.29, 0.717) is 11.8 Å². The van der Waals surface area contributed by atoms with Crippen LogP contribution < -0.4 is 0 Å². The van der Waals surface area contributed by atoms with Gasteiger partial charge in [-0.1, -0.05) is 13.8 Å². The van der Waals surface area contributed by atoms with Gasteiger partial charge in [-0.25, -0.2) is 0 Å². The first-order valence-corrected chi connectivity index (χ1v) is 6.63. The van der Waals surface area contributed by atoms with Crippen LogP contribution in [0, 0.1) is 0 Å². The topological polar surface area (TPSA) is 23.6 Å². The fraction of sp³-hybridized carbons (Fsp3) is 0.923. The summed E-state index contributed by atoms with van der Waals surface area (Å²) in [4.78, 5) is 16.1. The van der Waals surface area contributed by atoms with Gasteiger partial charge in [0.1, 0.15) is 5.78 Å². The Bertz CT molecular complexity index is 214. The van der Waals surface area contributed by atoms with E-state index < -0.39 is 0 Å². The van der Waals surface area contributed by atoms with Gasteiger partial charge in [-0.15, -0.1) is 0 Å². The van der Waals surface area contributed by atoms with Crippen LogP contribution in [0.1, 0.15) is 40.0 Å². The van der Waals surface area contributed by atoms with Gasteiger partial charge >= 0.3 is 0 Å². The standard InChI is InChI=1S/C13H26N2O/c1-4-14(5-2)9-10-15-8-6-7-13(15)11-12(3)16/h13H,4-11H2,1-3H3. The molecule has 0 radical (unpaired) electrons. The molecule has 1 saturated heterocycles. The Morgan fingerprint density at radius 3 is 2.62 bits per heavy atom. The highest BCUT2D eigenvalue weighted by Crippen LogP contribution is 2.19. The van der Waals surface area contributed by atoms with Gasteiger partial charge in [-0.3, -0.25) is 9.69 Å². The van der Waals surface area contributed by atoms with Gasteiger partial charge in [0.15, 0.2) is 0 Å². The minimum absolute atomic E-state index is 0.333. The van der Waals surface area contributed by atoms with Crippen LogP contribution in [0.15, 0.2) is 0 Å². The smallest absolute Gasteiger partial charge is 0.131 e. The average Bonchev–Trinajstić information content (AvgIpc) is 2.66. The summed E-state index contributed by atoms with van der Waals surface area (Å²) in [6.45, 7) is 11.8. The van der Waals surface area contributed by atoms with Gasteiger partial charge in [-0.05, 0) is 39.4 Å². The van der Waals surface area contributed by atoms with E-state index in [-0.39, 0.29) is 0 Å². The van der Waals surface area contributed by atoms with Crippen LogP contribution >= 0.6 is 0 Å². The molecule has 3 heteroatoms. The molecule has 0 spiro atoms. The van der Waals surface area contributed by atoms with Crippen molar-refractivity contribution in [2.24, 2.45) is 0 Å². The molecule has 1 heterocycles. The summed E-state index contributed by atoms with van der Waals surface area (Å²) in [7, 11) is 0. The maximum absolute atomic E-state index is 11.2. The van der Waals surface area contributed by atoms with Crippen LogP contribution in [-0.2, 0) is 4.79 Å². The highest BCUT2D eigenvalue weighted by Gasteiger charge is 2.25. The molecule has 0 amide bonds. The normalized spacial score (nSPS) is 21.9. The Kier molecular flexibility index (Phi) is 5.99. The van der Waals surface area contributed by atoms with Crippen molar-refractivity contribution >= 4 is 5.78 Å². The summed E-state index contributed by atoms with van der Waals surface area (Å²) in [6, 6.07) is 0.521. The molecule has 3 nitrogen and oxygen atoms in total. The predicted octanol–water partition coefficient (Wildman–Crippen LogP) is 1.77. The zero-order chi connectivity index (χ0) is 12.0. The number of hydrogen-bond acceptors (Lipinski definition) is 3. The second kappa shape index (κ2) is 7.02. The molecule has 16 heavy (non-hydrogen) atoms. The molecule has 1 atom stereocenters. The van der Waals surface area contributed by atoms with Crippen molar-refractivity contribution in [3.8, 4) is 0 Å². The van der Waals surface area contributed by atoms with E-state index in [1.807, 2.05) is 0 Å². The van der Waals surface area contributed by atoms with E-state index in [0.717, 1.165) is 32.6 Å². The molecule has 94 valence electrons. The zero-order valence-corrected chi connectivity index (χ0v) is 11.0. The molecule has 1 rings (SSSR count). The molecule has 0 N–H and O–H groups in total. The Morgan fingerprint density at radius 2 is 2.06 bits per heavy atom. The minimum atomic E-state index is 0.333. The number of carbonyl (C=O) groups excluding carboxylic acids is 1. The summed E-state index contributed by atoms with van der Waals surface area (Å²) in [5.41, 5.74) is 0. The lowest BCUT2D eigenvalue weighted by Crippen LogP contribution is -2.38. The lowest BCUT2D eigenvalue weighted by Gasteiger charge is -2.27. The second-order valence-electron chi connectivity index (χ2n) is 4.77. The molecule has 0 aromatic carbocycles. The summed E-state index contributed by atoms with van der Waals surface area (Å²) in [5, 5.41) is 0. The van der Waals surface area contributed by atoms with E-state index in [9.17, 15) is 4.79 Å². The molecule has 1 unspecified atom stereocenters. The minimum Gasteiger partial charge on any atom is -0.303 e. The van der Waals surface area contributed by atoms with Crippen molar-refractivity contribution in [2.75, 3.05) is 32.7 Å². The Balaban J connectivity index is 2.31. The SMILES string of the molecule is CCN(CC)CCN1CCCC1CC(C)=O. The number of hydrogen-bond donors (Lipinski definition) is 0. The van der Waals surface area contributed by atoms with Crippen molar-refractivity contribution in [1.29, 1.82) is 0 Å². The molecule has 0 aromatic heterocycles. The third-order valence-corrected chi connectivity index (χ3v) is 3.62. The summed E-state index contributed by atoms with van der Waals surface area (Å²) in [6.07, 6.45) is 3.21. The second-order valence-corrected chi connectivity index (χ2v) is 4.77. The number of carbonyl (C=O) groups is 1. The van der Waals surface area contributed by atoms with E-state index >= 15 is 0 Å². The number of likely N-dealkylation sites (N-methyl/N-ethyl adjacent to an activating group) is 1. The van der Waals surface area contributed by atoms with E-state index in [1.54, 1.807) is 6.92 Å². The Morgan fingerprint density at radius 1 is 1.38 bits per heavy atom. The van der Waals surface area contributed by atoms with Crippen LogP contribution in [0.4, 0.5) is 0 Å². The van der Waals surface area contributed by atoms with Crippen LogP contribution in [0.3, 0.4) is 0 Å². The van der Waals surface area contributed by atoms with Crippen molar-refractivity contribution in [1.82, 2.24) is 9.80 Å². The Hall–Kier alpha value is -0.410. The van der Waals surface area contributed by atoms with Crippen LogP contribution in [0.25, 0.3) is 0 Å². The van der Waals surface area contributed by atoms with E-state index in [1.165, 1.54) is 19.4 Å². The lowest BCUT2D eigenvalue weighted by molar-refractivity contribution is -0.118. The highest BCUT2D eigenvalue weighted by molar-refractivity contribution is 5.76. The van der Waals surface area contributed by atoms with Gasteiger partial charge in [0.25, 0.3) is 0 Å². The number of likely N-dealkylation sites (tertiary alicyclic amines) is 1. The van der Waals surface area contributed by atoms with Crippen LogP contribution in [0.2, 0.25) is 0 Å². The molecule has 1 fully saturated rings. The molecule has 1 aliphatic rings. The quantitative estimate of drug-likeness (QED) is 0.661. The molecule has 0 saturated carbocycles. The highest BCUT2D eigenvalue weighted by atomic mass is 16.1. The van der Waals surface area contributed by atoms with Gasteiger partial charge in [0, 0.05) is 25.6 Å². The van der Waals surface area contributed by atoms with Gasteiger partial charge in [0.05, 0.1) is 0 Å². The number of rotatable bonds is 7. The fourth-order valence-corrected chi connectivity index (χ4v) is 2.56. The van der Waals surface area contributed by atoms with Crippen LogP contribution in [-0.4, -0.2) is 54.3 Å². The summed E-state index contributed by atoms with van der Waals surface area (Å²) >= 11 is 0. The van der Waals surface area contributed by atoms with Gasteiger partial charge in [-0.2, -0.15) is 0 Å². The predicted molar refractivity (Wildman–Crippen MR) is 67.7 cm³/mol. The van der Waals surface area contributed by atoms with Crippen molar-refractivity contribution in [3.63, 3.8) is 0 Å². The monoisotopic (exact) mass is 226 g/mol. The molecule has 0 aromatic rings. The first-order chi connectivity index (χ1) is 7.67. The first kappa shape index (κ1) is 13.7. The van der Waals surface area contributed by atoms with Gasteiger partial charge in [0.2, 0.25) is 0 Å².